The molecule has 9 heteroatoms. The predicted octanol–water partition coefficient (Wildman–Crippen LogP) is 3.45. The Morgan fingerprint density at radius 1 is 1.08 bits per heavy atom. The van der Waals surface area contributed by atoms with E-state index in [1.165, 1.54) is 23.5 Å². The van der Waals surface area contributed by atoms with E-state index in [1.807, 2.05) is 0 Å². The van der Waals surface area contributed by atoms with Crippen LogP contribution in [0.1, 0.15) is 27.0 Å². The molecule has 0 atom stereocenters. The second kappa shape index (κ2) is 6.69. The van der Waals surface area contributed by atoms with Crippen molar-refractivity contribution in [1.29, 1.82) is 0 Å². The van der Waals surface area contributed by atoms with Crippen LogP contribution in [-0.2, 0) is 9.53 Å². The minimum Gasteiger partial charge on any atom is -0.479 e. The van der Waals surface area contributed by atoms with Crippen molar-refractivity contribution in [2.45, 2.75) is 6.92 Å². The molecule has 0 aliphatic heterocycles. The number of ether oxygens (including phenoxy) is 2. The summed E-state index contributed by atoms with van der Waals surface area (Å²) < 4.78 is 12.2. The Morgan fingerprint density at radius 3 is 2.48 bits per heavy atom. The van der Waals surface area contributed by atoms with Crippen LogP contribution in [0.15, 0.2) is 18.2 Å². The lowest BCUT2D eigenvalue weighted by molar-refractivity contribution is -0.145. The first-order valence-electron chi connectivity index (χ1n) is 7.16. The van der Waals surface area contributed by atoms with E-state index in [9.17, 15) is 19.5 Å². The maximum Gasteiger partial charge on any atom is 0.349 e. The number of aromatic carboxylic acids is 2. The summed E-state index contributed by atoms with van der Waals surface area (Å²) in [4.78, 5) is 34.1. The van der Waals surface area contributed by atoms with E-state index in [1.54, 1.807) is 13.0 Å². The van der Waals surface area contributed by atoms with Gasteiger partial charge in [-0.05, 0) is 19.1 Å². The van der Waals surface area contributed by atoms with Crippen LogP contribution in [0.3, 0.4) is 0 Å². The summed E-state index contributed by atoms with van der Waals surface area (Å²) in [6, 6.07) is 4.65. The standard InChI is InChI=1S/C16H12O7S2/c1-2-22-10(17)6-23-11-13-12(25-14(11)16(20)21)8-4-3-7(15(18)19)5-9(8)24-13/h3-5H,2,6H2,1H3,(H,18,19)(H,20,21). The molecule has 130 valence electrons. The van der Waals surface area contributed by atoms with E-state index < -0.39 is 24.5 Å². The Bertz CT molecular complexity index is 999. The molecule has 0 fully saturated rings. The molecule has 2 aromatic heterocycles. The Morgan fingerprint density at radius 2 is 1.84 bits per heavy atom. The van der Waals surface area contributed by atoms with Gasteiger partial charge in [0.05, 0.1) is 21.6 Å². The molecule has 3 aromatic rings. The van der Waals surface area contributed by atoms with Gasteiger partial charge in [-0.15, -0.1) is 22.7 Å². The number of hydrogen-bond acceptors (Lipinski definition) is 7. The van der Waals surface area contributed by atoms with Gasteiger partial charge in [0, 0.05) is 10.1 Å². The first kappa shape index (κ1) is 17.2. The summed E-state index contributed by atoms with van der Waals surface area (Å²) in [7, 11) is 0. The summed E-state index contributed by atoms with van der Waals surface area (Å²) in [5.74, 6) is -2.67. The zero-order valence-corrected chi connectivity index (χ0v) is 14.5. The molecule has 2 heterocycles. The van der Waals surface area contributed by atoms with Gasteiger partial charge in [0.1, 0.15) is 0 Å². The second-order valence-corrected chi connectivity index (χ2v) is 7.01. The summed E-state index contributed by atoms with van der Waals surface area (Å²) in [6.07, 6.45) is 0. The molecule has 0 spiro atoms. The molecule has 0 amide bonds. The lowest BCUT2D eigenvalue weighted by Gasteiger charge is -2.05. The van der Waals surface area contributed by atoms with E-state index in [0.717, 1.165) is 16.7 Å². The van der Waals surface area contributed by atoms with Crippen LogP contribution >= 0.6 is 22.7 Å². The molecule has 25 heavy (non-hydrogen) atoms. The average molecular weight is 380 g/mol. The molecule has 7 nitrogen and oxygen atoms in total. The van der Waals surface area contributed by atoms with Crippen LogP contribution in [0.4, 0.5) is 0 Å². The van der Waals surface area contributed by atoms with Gasteiger partial charge in [-0.25, -0.2) is 14.4 Å². The Kier molecular flexibility index (Phi) is 4.60. The number of carbonyl (C=O) groups is 3. The van der Waals surface area contributed by atoms with Crippen LogP contribution in [-0.4, -0.2) is 41.3 Å². The first-order chi connectivity index (χ1) is 11.9. The van der Waals surface area contributed by atoms with Crippen LogP contribution in [0.5, 0.6) is 5.75 Å². The molecule has 1 aromatic carbocycles. The first-order valence-corrected chi connectivity index (χ1v) is 8.79. The van der Waals surface area contributed by atoms with Gasteiger partial charge in [0.2, 0.25) is 0 Å². The number of thiophene rings is 2. The molecule has 0 bridgehead atoms. The number of rotatable bonds is 6. The quantitative estimate of drug-likeness (QED) is 0.630. The molecule has 0 saturated heterocycles. The SMILES string of the molecule is CCOC(=O)COc1c(C(=O)O)sc2c1sc1cc(C(=O)O)ccc12. The Hall–Kier alpha value is -2.65. The van der Waals surface area contributed by atoms with Crippen molar-refractivity contribution in [3.05, 3.63) is 28.6 Å². The molecule has 0 radical (unpaired) electrons. The van der Waals surface area contributed by atoms with Gasteiger partial charge in [-0.3, -0.25) is 0 Å². The van der Waals surface area contributed by atoms with Crippen LogP contribution < -0.4 is 4.74 Å². The summed E-state index contributed by atoms with van der Waals surface area (Å²) >= 11 is 2.26. The minimum absolute atomic E-state index is 0.00485. The van der Waals surface area contributed by atoms with Crippen LogP contribution in [0, 0.1) is 0 Å². The largest absolute Gasteiger partial charge is 0.479 e. The Balaban J connectivity index is 2.10. The van der Waals surface area contributed by atoms with Gasteiger partial charge in [0.25, 0.3) is 0 Å². The smallest absolute Gasteiger partial charge is 0.349 e. The fraction of sp³-hybridized carbons (Fsp3) is 0.188. The normalized spacial score (nSPS) is 10.9. The third-order valence-electron chi connectivity index (χ3n) is 3.34. The van der Waals surface area contributed by atoms with Crippen molar-refractivity contribution < 1.29 is 34.1 Å². The van der Waals surface area contributed by atoms with E-state index in [-0.39, 0.29) is 22.8 Å². The molecule has 0 aliphatic rings. The number of carboxylic acids is 2. The van der Waals surface area contributed by atoms with Crippen molar-refractivity contribution in [2.75, 3.05) is 13.2 Å². The zero-order chi connectivity index (χ0) is 18.1. The summed E-state index contributed by atoms with van der Waals surface area (Å²) in [5.41, 5.74) is 0.147. The fourth-order valence-corrected chi connectivity index (χ4v) is 4.85. The number of esters is 1. The molecular formula is C16H12O7S2. The van der Waals surface area contributed by atoms with Crippen LogP contribution in [0.25, 0.3) is 19.5 Å². The highest BCUT2D eigenvalue weighted by atomic mass is 32.1. The van der Waals surface area contributed by atoms with Crippen molar-refractivity contribution >= 4 is 60.1 Å². The van der Waals surface area contributed by atoms with E-state index in [0.29, 0.717) is 14.1 Å². The van der Waals surface area contributed by atoms with E-state index >= 15 is 0 Å². The second-order valence-electron chi connectivity index (χ2n) is 4.94. The number of benzene rings is 1. The molecule has 2 N–H and O–H groups in total. The third-order valence-corrected chi connectivity index (χ3v) is 5.81. The Labute approximate surface area is 149 Å². The molecule has 0 unspecified atom stereocenters. The average Bonchev–Trinajstić information content (AvgIpc) is 3.08. The van der Waals surface area contributed by atoms with Gasteiger partial charge < -0.3 is 19.7 Å². The van der Waals surface area contributed by atoms with Crippen molar-refractivity contribution in [3.63, 3.8) is 0 Å². The van der Waals surface area contributed by atoms with Gasteiger partial charge in [-0.2, -0.15) is 0 Å². The number of fused-ring (bicyclic) bond motifs is 3. The monoisotopic (exact) mass is 380 g/mol. The highest BCUT2D eigenvalue weighted by Gasteiger charge is 2.24. The van der Waals surface area contributed by atoms with Crippen molar-refractivity contribution in [1.82, 2.24) is 0 Å². The van der Waals surface area contributed by atoms with Gasteiger partial charge in [0.15, 0.2) is 17.2 Å². The van der Waals surface area contributed by atoms with Crippen LogP contribution in [0.2, 0.25) is 0 Å². The molecule has 0 aliphatic carbocycles. The molecular weight excluding hydrogens is 368 g/mol. The maximum atomic E-state index is 11.5. The lowest BCUT2D eigenvalue weighted by atomic mass is 10.2. The van der Waals surface area contributed by atoms with Gasteiger partial charge >= 0.3 is 17.9 Å². The van der Waals surface area contributed by atoms with E-state index in [2.05, 4.69) is 0 Å². The number of hydrogen-bond donors (Lipinski definition) is 2. The summed E-state index contributed by atoms with van der Waals surface area (Å²) in [5, 5.41) is 19.2. The maximum absolute atomic E-state index is 11.5. The topological polar surface area (TPSA) is 110 Å². The predicted molar refractivity (Wildman–Crippen MR) is 93.3 cm³/mol. The number of carboxylic acid groups (broad SMARTS) is 2. The van der Waals surface area contributed by atoms with Crippen molar-refractivity contribution in [2.24, 2.45) is 0 Å². The highest BCUT2D eigenvalue weighted by molar-refractivity contribution is 7.34. The third kappa shape index (κ3) is 3.15. The fourth-order valence-electron chi connectivity index (χ4n) is 2.31. The van der Waals surface area contributed by atoms with Gasteiger partial charge in [-0.1, -0.05) is 6.07 Å². The molecule has 0 saturated carbocycles. The lowest BCUT2D eigenvalue weighted by Crippen LogP contribution is -2.15. The highest BCUT2D eigenvalue weighted by Crippen LogP contribution is 2.47. The minimum atomic E-state index is -1.15. The zero-order valence-electron chi connectivity index (χ0n) is 12.9. The number of carbonyl (C=O) groups excluding carboxylic acids is 1. The summed E-state index contributed by atoms with van der Waals surface area (Å²) in [6.45, 7) is 1.47. The van der Waals surface area contributed by atoms with E-state index in [4.69, 9.17) is 14.6 Å². The van der Waals surface area contributed by atoms with Crippen molar-refractivity contribution in [3.8, 4) is 5.75 Å². The molecule has 3 rings (SSSR count).